The summed E-state index contributed by atoms with van der Waals surface area (Å²) in [4.78, 5) is 26.2. The van der Waals surface area contributed by atoms with Gasteiger partial charge in [-0.25, -0.2) is 4.68 Å². The first-order valence-electron chi connectivity index (χ1n) is 8.51. The third kappa shape index (κ3) is 5.26. The lowest BCUT2D eigenvalue weighted by Crippen LogP contribution is -2.36. The van der Waals surface area contributed by atoms with Gasteiger partial charge in [-0.05, 0) is 24.0 Å². The van der Waals surface area contributed by atoms with E-state index in [2.05, 4.69) is 18.9 Å². The Hall–Kier alpha value is -2.47. The van der Waals surface area contributed by atoms with Gasteiger partial charge in [0.2, 0.25) is 0 Å². The van der Waals surface area contributed by atoms with Crippen LogP contribution in [0.2, 0.25) is 0 Å². The minimum atomic E-state index is -0.232. The zero-order valence-electron chi connectivity index (χ0n) is 15.1. The van der Waals surface area contributed by atoms with Crippen LogP contribution in [0.3, 0.4) is 0 Å². The van der Waals surface area contributed by atoms with Crippen LogP contribution in [0, 0.1) is 5.92 Å². The highest BCUT2D eigenvalue weighted by atomic mass is 16.2. The molecule has 2 N–H and O–H groups in total. The Labute approximate surface area is 148 Å². The molecule has 134 valence electrons. The fraction of sp³-hybridized carbons (Fsp3) is 0.421. The van der Waals surface area contributed by atoms with Gasteiger partial charge in [0.25, 0.3) is 11.5 Å². The van der Waals surface area contributed by atoms with Crippen molar-refractivity contribution < 1.29 is 4.79 Å². The lowest BCUT2D eigenvalue weighted by atomic mass is 10.0. The molecule has 6 heteroatoms. The number of amides is 1. The second-order valence-electron chi connectivity index (χ2n) is 6.62. The van der Waals surface area contributed by atoms with Gasteiger partial charge in [0, 0.05) is 25.7 Å². The second kappa shape index (κ2) is 8.58. The van der Waals surface area contributed by atoms with Gasteiger partial charge >= 0.3 is 0 Å². The van der Waals surface area contributed by atoms with Crippen molar-refractivity contribution in [1.82, 2.24) is 14.7 Å². The van der Waals surface area contributed by atoms with Crippen LogP contribution in [0.5, 0.6) is 0 Å². The van der Waals surface area contributed by atoms with Crippen molar-refractivity contribution in [1.29, 1.82) is 0 Å². The molecule has 0 radical (unpaired) electrons. The average molecular weight is 342 g/mol. The summed E-state index contributed by atoms with van der Waals surface area (Å²) in [6.45, 7) is 5.02. The Morgan fingerprint density at radius 3 is 2.52 bits per heavy atom. The van der Waals surface area contributed by atoms with E-state index in [-0.39, 0.29) is 23.2 Å². The highest BCUT2D eigenvalue weighted by Gasteiger charge is 2.16. The van der Waals surface area contributed by atoms with Gasteiger partial charge in [0.1, 0.15) is 5.69 Å². The van der Waals surface area contributed by atoms with Crippen molar-refractivity contribution in [3.8, 4) is 0 Å². The molecule has 0 bridgehead atoms. The smallest absolute Gasteiger partial charge is 0.274 e. The molecule has 1 aromatic heterocycles. The Balaban J connectivity index is 2.10. The van der Waals surface area contributed by atoms with E-state index < -0.39 is 0 Å². The Kier molecular flexibility index (Phi) is 6.47. The zero-order valence-corrected chi connectivity index (χ0v) is 15.1. The van der Waals surface area contributed by atoms with Crippen LogP contribution in [0.4, 0.5) is 0 Å². The van der Waals surface area contributed by atoms with Gasteiger partial charge in [0.15, 0.2) is 0 Å². The van der Waals surface area contributed by atoms with Gasteiger partial charge in [-0.3, -0.25) is 9.59 Å². The molecule has 1 amide bonds. The molecular weight excluding hydrogens is 316 g/mol. The Morgan fingerprint density at radius 1 is 1.20 bits per heavy atom. The minimum absolute atomic E-state index is 0.0512. The van der Waals surface area contributed by atoms with E-state index in [1.807, 2.05) is 30.3 Å². The Morgan fingerprint density at radius 2 is 1.88 bits per heavy atom. The predicted molar refractivity (Wildman–Crippen MR) is 98.4 cm³/mol. The van der Waals surface area contributed by atoms with Crippen LogP contribution < -0.4 is 11.3 Å². The molecule has 0 saturated carbocycles. The highest BCUT2D eigenvalue weighted by molar-refractivity contribution is 5.91. The molecular formula is C19H26N4O2. The molecule has 0 spiro atoms. The molecule has 2 aromatic rings. The monoisotopic (exact) mass is 342 g/mol. The molecule has 0 fully saturated rings. The molecule has 1 aromatic carbocycles. The molecule has 2 rings (SSSR count). The number of aromatic nitrogens is 2. The van der Waals surface area contributed by atoms with Crippen molar-refractivity contribution in [2.24, 2.45) is 11.7 Å². The van der Waals surface area contributed by atoms with Crippen molar-refractivity contribution in [3.63, 3.8) is 0 Å². The van der Waals surface area contributed by atoms with Crippen molar-refractivity contribution in [2.45, 2.75) is 32.9 Å². The van der Waals surface area contributed by atoms with Gasteiger partial charge < -0.3 is 10.6 Å². The lowest BCUT2D eigenvalue weighted by molar-refractivity contribution is 0.0780. The topological polar surface area (TPSA) is 81.2 Å². The SMILES string of the molecule is CC(C)C(N)CCN(C)C(=O)c1ccc(=O)n(Cc2ccccc2)n1. The summed E-state index contributed by atoms with van der Waals surface area (Å²) in [5, 5.41) is 4.23. The number of carbonyl (C=O) groups is 1. The molecule has 0 aliphatic rings. The Bertz CT molecular complexity index is 756. The first kappa shape index (κ1) is 18.9. The summed E-state index contributed by atoms with van der Waals surface area (Å²) in [7, 11) is 1.73. The number of carbonyl (C=O) groups excluding carboxylic acids is 1. The predicted octanol–water partition coefficient (Wildman–Crippen LogP) is 1.74. The number of hydrogen-bond donors (Lipinski definition) is 1. The van der Waals surface area contributed by atoms with Gasteiger partial charge in [-0.1, -0.05) is 44.2 Å². The normalized spacial score (nSPS) is 12.2. The van der Waals surface area contributed by atoms with Crippen LogP contribution in [0.1, 0.15) is 36.3 Å². The van der Waals surface area contributed by atoms with Crippen LogP contribution in [-0.4, -0.2) is 40.2 Å². The van der Waals surface area contributed by atoms with Gasteiger partial charge in [0.05, 0.1) is 6.54 Å². The maximum atomic E-state index is 12.6. The van der Waals surface area contributed by atoms with E-state index in [0.29, 0.717) is 19.0 Å². The lowest BCUT2D eigenvalue weighted by Gasteiger charge is -2.21. The summed E-state index contributed by atoms with van der Waals surface area (Å²) in [6.07, 6.45) is 0.726. The number of benzene rings is 1. The fourth-order valence-electron chi connectivity index (χ4n) is 2.41. The van der Waals surface area contributed by atoms with Gasteiger partial charge in [-0.2, -0.15) is 5.10 Å². The minimum Gasteiger partial charge on any atom is -0.340 e. The number of nitrogens with two attached hydrogens (primary N) is 1. The summed E-state index contributed by atoms with van der Waals surface area (Å²) >= 11 is 0. The maximum absolute atomic E-state index is 12.6. The molecule has 0 aliphatic heterocycles. The van der Waals surface area contributed by atoms with E-state index in [1.54, 1.807) is 11.9 Å². The third-order valence-corrected chi connectivity index (χ3v) is 4.26. The standard InChI is InChI=1S/C19H26N4O2/c1-14(2)16(20)11-12-22(3)19(25)17-9-10-18(24)23(21-17)13-15-7-5-4-6-8-15/h4-10,14,16H,11-13,20H2,1-3H3. The van der Waals surface area contributed by atoms with Crippen LogP contribution in [-0.2, 0) is 6.54 Å². The largest absolute Gasteiger partial charge is 0.340 e. The van der Waals surface area contributed by atoms with E-state index in [9.17, 15) is 9.59 Å². The number of nitrogens with zero attached hydrogens (tertiary/aromatic N) is 3. The van der Waals surface area contributed by atoms with Crippen LogP contribution in [0.15, 0.2) is 47.3 Å². The van der Waals surface area contributed by atoms with Crippen molar-refractivity contribution in [2.75, 3.05) is 13.6 Å². The number of rotatable bonds is 7. The van der Waals surface area contributed by atoms with Crippen molar-refractivity contribution >= 4 is 5.91 Å². The molecule has 6 nitrogen and oxygen atoms in total. The molecule has 1 atom stereocenters. The summed E-state index contributed by atoms with van der Waals surface area (Å²) < 4.78 is 1.32. The third-order valence-electron chi connectivity index (χ3n) is 4.26. The second-order valence-corrected chi connectivity index (χ2v) is 6.62. The van der Waals surface area contributed by atoms with Crippen molar-refractivity contribution in [3.05, 3.63) is 64.1 Å². The summed E-state index contributed by atoms with van der Waals surface area (Å²) in [5.41, 5.74) is 7.02. The van der Waals surface area contributed by atoms with Crippen LogP contribution in [0.25, 0.3) is 0 Å². The van der Waals surface area contributed by atoms with E-state index >= 15 is 0 Å². The van der Waals surface area contributed by atoms with Gasteiger partial charge in [-0.15, -0.1) is 0 Å². The van der Waals surface area contributed by atoms with E-state index in [4.69, 9.17) is 5.73 Å². The highest BCUT2D eigenvalue weighted by Crippen LogP contribution is 2.06. The molecule has 0 aliphatic carbocycles. The molecule has 1 unspecified atom stereocenters. The zero-order chi connectivity index (χ0) is 18.4. The molecule has 0 saturated heterocycles. The first-order valence-corrected chi connectivity index (χ1v) is 8.51. The van der Waals surface area contributed by atoms with E-state index in [1.165, 1.54) is 16.8 Å². The summed E-state index contributed by atoms with van der Waals surface area (Å²) in [6, 6.07) is 12.5. The van der Waals surface area contributed by atoms with E-state index in [0.717, 1.165) is 12.0 Å². The average Bonchev–Trinajstić information content (AvgIpc) is 2.61. The number of hydrogen-bond acceptors (Lipinski definition) is 4. The first-order chi connectivity index (χ1) is 11.9. The quantitative estimate of drug-likeness (QED) is 0.831. The molecule has 25 heavy (non-hydrogen) atoms. The fourth-order valence-corrected chi connectivity index (χ4v) is 2.41. The van der Waals surface area contributed by atoms with Crippen LogP contribution >= 0.6 is 0 Å². The maximum Gasteiger partial charge on any atom is 0.274 e. The summed E-state index contributed by atoms with van der Waals surface area (Å²) in [5.74, 6) is 0.159. The molecule has 1 heterocycles.